The van der Waals surface area contributed by atoms with Crippen LogP contribution in [0, 0.1) is 11.8 Å². The lowest BCUT2D eigenvalue weighted by molar-refractivity contribution is -0.160. The van der Waals surface area contributed by atoms with Crippen LogP contribution in [0.15, 0.2) is 23.3 Å². The average molecular weight is 436 g/mol. The molecule has 168 valence electrons. The molecule has 2 atom stereocenters. The van der Waals surface area contributed by atoms with Crippen molar-refractivity contribution in [1.29, 1.82) is 0 Å². The van der Waals surface area contributed by atoms with Crippen LogP contribution in [0.4, 0.5) is 0 Å². The number of carbonyl (C=O) groups excluding carboxylic acids is 4. The van der Waals surface area contributed by atoms with E-state index in [1.165, 1.54) is 26.4 Å². The van der Waals surface area contributed by atoms with Gasteiger partial charge >= 0.3 is 11.9 Å². The Morgan fingerprint density at radius 1 is 0.806 bits per heavy atom. The van der Waals surface area contributed by atoms with E-state index in [1.54, 1.807) is 0 Å². The summed E-state index contributed by atoms with van der Waals surface area (Å²) in [5.41, 5.74) is -0.341. The van der Waals surface area contributed by atoms with Crippen LogP contribution in [0.1, 0.15) is 19.3 Å². The molecule has 31 heavy (non-hydrogen) atoms. The first-order valence-corrected chi connectivity index (χ1v) is 10.1. The van der Waals surface area contributed by atoms with Crippen molar-refractivity contribution >= 4 is 23.5 Å². The van der Waals surface area contributed by atoms with Gasteiger partial charge in [0.1, 0.15) is 11.1 Å². The highest BCUT2D eigenvalue weighted by Crippen LogP contribution is 2.43. The summed E-state index contributed by atoms with van der Waals surface area (Å²) in [7, 11) is 2.36. The second kappa shape index (κ2) is 8.27. The fraction of sp³-hybridized carbons (Fsp3) is 0.619. The molecule has 2 unspecified atom stereocenters. The maximum absolute atomic E-state index is 13.1. The molecule has 10 nitrogen and oxygen atoms in total. The molecule has 2 aliphatic carbocycles. The summed E-state index contributed by atoms with van der Waals surface area (Å²) in [5.74, 6) is -6.48. The minimum atomic E-state index is -1.22. The van der Waals surface area contributed by atoms with E-state index in [1.807, 2.05) is 0 Å². The average Bonchev–Trinajstić information content (AvgIpc) is 3.42. The van der Waals surface area contributed by atoms with Crippen molar-refractivity contribution in [2.75, 3.05) is 40.6 Å². The molecule has 0 aromatic rings. The van der Waals surface area contributed by atoms with E-state index < -0.39 is 46.9 Å². The molecular weight excluding hydrogens is 412 g/mol. The lowest BCUT2D eigenvalue weighted by Gasteiger charge is -2.37. The number of Topliss-reactive ketones (excluding diaryl/α,β-unsaturated/α-hetero) is 2. The number of ketones is 2. The summed E-state index contributed by atoms with van der Waals surface area (Å²) >= 11 is 0. The molecule has 4 aliphatic rings. The Balaban J connectivity index is 1.63. The molecule has 4 rings (SSSR count). The van der Waals surface area contributed by atoms with E-state index in [-0.39, 0.29) is 30.4 Å². The minimum Gasteiger partial charge on any atom is -0.465 e. The van der Waals surface area contributed by atoms with Crippen molar-refractivity contribution in [2.45, 2.75) is 30.8 Å². The zero-order valence-corrected chi connectivity index (χ0v) is 17.3. The number of esters is 2. The van der Waals surface area contributed by atoms with Crippen molar-refractivity contribution in [3.63, 3.8) is 0 Å². The summed E-state index contributed by atoms with van der Waals surface area (Å²) in [5, 5.41) is 0. The van der Waals surface area contributed by atoms with Crippen molar-refractivity contribution in [3.05, 3.63) is 23.3 Å². The number of hydrogen-bond acceptors (Lipinski definition) is 10. The zero-order valence-electron chi connectivity index (χ0n) is 17.3. The Hall–Kier alpha value is -2.40. The first kappa shape index (κ1) is 21.8. The van der Waals surface area contributed by atoms with Gasteiger partial charge in [0, 0.05) is 24.7 Å². The quantitative estimate of drug-likeness (QED) is 0.447. The number of hydrogen-bond donors (Lipinski definition) is 0. The smallest absolute Gasteiger partial charge is 0.341 e. The van der Waals surface area contributed by atoms with Gasteiger partial charge in [-0.15, -0.1) is 0 Å². The molecule has 0 N–H and O–H groups in total. The summed E-state index contributed by atoms with van der Waals surface area (Å²) < 4.78 is 32.3. The van der Waals surface area contributed by atoms with Gasteiger partial charge in [0.15, 0.2) is 23.1 Å². The Kier molecular flexibility index (Phi) is 5.82. The second-order valence-corrected chi connectivity index (χ2v) is 7.88. The van der Waals surface area contributed by atoms with Crippen LogP contribution in [0.25, 0.3) is 0 Å². The SMILES string of the molecule is COC(=O)C1=CC2(CC(CC3CC4(C=C(C(=O)OC)C3=O)OCCO4)C1=O)OCCO2. The molecule has 0 amide bonds. The molecule has 0 bridgehead atoms. The monoisotopic (exact) mass is 436 g/mol. The molecule has 10 heteroatoms. The molecule has 2 fully saturated rings. The largest absolute Gasteiger partial charge is 0.465 e. The van der Waals surface area contributed by atoms with Gasteiger partial charge in [0.2, 0.25) is 0 Å². The van der Waals surface area contributed by atoms with E-state index >= 15 is 0 Å². The normalized spacial score (nSPS) is 29.1. The highest BCUT2D eigenvalue weighted by Gasteiger charge is 2.51. The van der Waals surface area contributed by atoms with Crippen LogP contribution in [-0.4, -0.2) is 75.7 Å². The lowest BCUT2D eigenvalue weighted by atomic mass is 9.73. The molecule has 2 heterocycles. The van der Waals surface area contributed by atoms with Gasteiger partial charge in [0.05, 0.1) is 40.6 Å². The molecule has 0 saturated carbocycles. The van der Waals surface area contributed by atoms with Crippen LogP contribution in [-0.2, 0) is 47.6 Å². The van der Waals surface area contributed by atoms with E-state index in [0.29, 0.717) is 26.4 Å². The third-order valence-electron chi connectivity index (χ3n) is 5.99. The minimum absolute atomic E-state index is 0.0588. The topological polar surface area (TPSA) is 124 Å². The van der Waals surface area contributed by atoms with E-state index in [9.17, 15) is 19.2 Å². The van der Waals surface area contributed by atoms with E-state index in [0.717, 1.165) is 0 Å². The van der Waals surface area contributed by atoms with Crippen LogP contribution in [0.3, 0.4) is 0 Å². The summed E-state index contributed by atoms with van der Waals surface area (Å²) in [6, 6.07) is 0. The lowest BCUT2D eigenvalue weighted by Crippen LogP contribution is -2.45. The molecule has 2 spiro atoms. The number of methoxy groups -OCH3 is 2. The third kappa shape index (κ3) is 3.96. The van der Waals surface area contributed by atoms with Crippen LogP contribution >= 0.6 is 0 Å². The van der Waals surface area contributed by atoms with Crippen LogP contribution in [0.5, 0.6) is 0 Å². The van der Waals surface area contributed by atoms with Gasteiger partial charge in [-0.05, 0) is 18.6 Å². The van der Waals surface area contributed by atoms with Gasteiger partial charge in [-0.1, -0.05) is 0 Å². The first-order chi connectivity index (χ1) is 14.8. The first-order valence-electron chi connectivity index (χ1n) is 10.1. The Bertz CT molecular complexity index is 787. The van der Waals surface area contributed by atoms with E-state index in [2.05, 4.69) is 0 Å². The van der Waals surface area contributed by atoms with Crippen LogP contribution in [0.2, 0.25) is 0 Å². The predicted octanol–water partition coefficient (Wildman–Crippen LogP) is 0.240. The highest BCUT2D eigenvalue weighted by molar-refractivity contribution is 6.20. The van der Waals surface area contributed by atoms with Crippen molar-refractivity contribution in [1.82, 2.24) is 0 Å². The number of rotatable bonds is 4. The summed E-state index contributed by atoms with van der Waals surface area (Å²) in [6.45, 7) is 1.25. The van der Waals surface area contributed by atoms with Gasteiger partial charge in [-0.2, -0.15) is 0 Å². The molecule has 2 aliphatic heterocycles. The molecule has 2 saturated heterocycles. The van der Waals surface area contributed by atoms with Crippen molar-refractivity contribution in [2.24, 2.45) is 11.8 Å². The van der Waals surface area contributed by atoms with Crippen molar-refractivity contribution in [3.8, 4) is 0 Å². The Labute approximate surface area is 178 Å². The molecule has 0 aromatic heterocycles. The zero-order chi connectivity index (χ0) is 22.2. The summed E-state index contributed by atoms with van der Waals surface area (Å²) in [6.07, 6.45) is 3.06. The standard InChI is InChI=1S/C21H24O10/c1-26-18(24)14-10-20(28-3-4-29-20)8-12(16(14)22)7-13-9-21(30-5-6-31-21)11-15(17(13)23)19(25)27-2/h10-13H,3-9H2,1-2H3. The van der Waals surface area contributed by atoms with Gasteiger partial charge in [-0.25, -0.2) is 9.59 Å². The Morgan fingerprint density at radius 3 is 1.48 bits per heavy atom. The van der Waals surface area contributed by atoms with Gasteiger partial charge in [0.25, 0.3) is 0 Å². The molecular formula is C21H24O10. The maximum atomic E-state index is 13.1. The predicted molar refractivity (Wildman–Crippen MR) is 100 cm³/mol. The fourth-order valence-electron chi connectivity index (χ4n) is 4.62. The highest BCUT2D eigenvalue weighted by atomic mass is 16.7. The van der Waals surface area contributed by atoms with Crippen molar-refractivity contribution < 1.29 is 47.6 Å². The summed E-state index contributed by atoms with van der Waals surface area (Å²) in [4.78, 5) is 50.5. The maximum Gasteiger partial charge on any atom is 0.341 e. The number of ether oxygens (including phenoxy) is 6. The second-order valence-electron chi connectivity index (χ2n) is 7.88. The third-order valence-corrected chi connectivity index (χ3v) is 5.99. The molecule has 0 radical (unpaired) electrons. The number of carbonyl (C=O) groups is 4. The Morgan fingerprint density at radius 2 is 1.16 bits per heavy atom. The molecule has 0 aromatic carbocycles. The van der Waals surface area contributed by atoms with Crippen LogP contribution < -0.4 is 0 Å². The van der Waals surface area contributed by atoms with Gasteiger partial charge in [-0.3, -0.25) is 9.59 Å². The fourth-order valence-corrected chi connectivity index (χ4v) is 4.62. The van der Waals surface area contributed by atoms with E-state index in [4.69, 9.17) is 28.4 Å². The van der Waals surface area contributed by atoms with Gasteiger partial charge < -0.3 is 28.4 Å².